The monoisotopic (exact) mass is 236 g/mol. The standard InChI is InChI=1S/C7H9ClN2O3S/c1-2-12-7(11)13-10-5(8)6-9-3-4-14-6/h2-4H2,1H3/b10-5-. The van der Waals surface area contributed by atoms with Crippen LogP contribution in [0.2, 0.25) is 0 Å². The molecule has 0 aromatic carbocycles. The normalized spacial score (nSPS) is 16.4. The summed E-state index contributed by atoms with van der Waals surface area (Å²) in [5, 5.41) is 4.06. The molecule has 0 spiro atoms. The van der Waals surface area contributed by atoms with Gasteiger partial charge in [-0.05, 0) is 6.92 Å². The lowest BCUT2D eigenvalue weighted by atomic mass is 10.7. The van der Waals surface area contributed by atoms with Gasteiger partial charge >= 0.3 is 6.16 Å². The lowest BCUT2D eigenvalue weighted by molar-refractivity contribution is 0.0618. The fourth-order valence-electron chi connectivity index (χ4n) is 0.721. The summed E-state index contributed by atoms with van der Waals surface area (Å²) in [4.78, 5) is 19.1. The highest BCUT2D eigenvalue weighted by Crippen LogP contribution is 2.14. The van der Waals surface area contributed by atoms with Crippen molar-refractivity contribution in [3.8, 4) is 0 Å². The van der Waals surface area contributed by atoms with Crippen molar-refractivity contribution in [3.05, 3.63) is 0 Å². The summed E-state index contributed by atoms with van der Waals surface area (Å²) in [6.45, 7) is 2.62. The Hall–Kier alpha value is -0.750. The molecule has 0 radical (unpaired) electrons. The van der Waals surface area contributed by atoms with E-state index in [0.29, 0.717) is 11.6 Å². The maximum absolute atomic E-state index is 10.7. The Labute approximate surface area is 90.5 Å². The number of thioether (sulfide) groups is 1. The van der Waals surface area contributed by atoms with Crippen molar-refractivity contribution >= 4 is 39.7 Å². The molecular formula is C7H9ClN2O3S. The van der Waals surface area contributed by atoms with Crippen molar-refractivity contribution in [2.75, 3.05) is 18.9 Å². The minimum atomic E-state index is -0.866. The van der Waals surface area contributed by atoms with Crippen molar-refractivity contribution in [2.45, 2.75) is 6.92 Å². The molecule has 0 bridgehead atoms. The Kier molecular flexibility index (Phi) is 4.75. The summed E-state index contributed by atoms with van der Waals surface area (Å²) in [6, 6.07) is 0. The van der Waals surface area contributed by atoms with E-state index in [1.54, 1.807) is 6.92 Å². The van der Waals surface area contributed by atoms with E-state index in [2.05, 4.69) is 19.7 Å². The predicted molar refractivity (Wildman–Crippen MR) is 56.2 cm³/mol. The zero-order chi connectivity index (χ0) is 10.4. The predicted octanol–water partition coefficient (Wildman–Crippen LogP) is 1.86. The van der Waals surface area contributed by atoms with Crippen molar-refractivity contribution < 1.29 is 14.4 Å². The number of carbonyl (C=O) groups excluding carboxylic acids is 1. The molecule has 5 nitrogen and oxygen atoms in total. The van der Waals surface area contributed by atoms with Gasteiger partial charge in [0.15, 0.2) is 0 Å². The lowest BCUT2D eigenvalue weighted by Gasteiger charge is -1.98. The van der Waals surface area contributed by atoms with Gasteiger partial charge < -0.3 is 4.74 Å². The first kappa shape index (κ1) is 11.3. The van der Waals surface area contributed by atoms with Gasteiger partial charge in [-0.1, -0.05) is 16.8 Å². The molecule has 1 heterocycles. The van der Waals surface area contributed by atoms with Crippen LogP contribution in [-0.2, 0) is 9.57 Å². The zero-order valence-corrected chi connectivity index (χ0v) is 9.10. The third kappa shape index (κ3) is 3.55. The molecule has 1 aliphatic heterocycles. The summed E-state index contributed by atoms with van der Waals surface area (Å²) < 4.78 is 4.48. The molecule has 0 saturated heterocycles. The maximum atomic E-state index is 10.7. The number of hydrogen-bond donors (Lipinski definition) is 0. The average Bonchev–Trinajstić information content (AvgIpc) is 2.67. The highest BCUT2D eigenvalue weighted by molar-refractivity contribution is 8.16. The maximum Gasteiger partial charge on any atom is 0.535 e. The van der Waals surface area contributed by atoms with E-state index in [4.69, 9.17) is 11.6 Å². The molecule has 0 atom stereocenters. The second-order valence-electron chi connectivity index (χ2n) is 2.19. The molecule has 0 aliphatic carbocycles. The van der Waals surface area contributed by atoms with Gasteiger partial charge in [-0.3, -0.25) is 9.83 Å². The Morgan fingerprint density at radius 3 is 3.14 bits per heavy atom. The van der Waals surface area contributed by atoms with Crippen LogP contribution in [0, 0.1) is 0 Å². The number of carbonyl (C=O) groups is 1. The van der Waals surface area contributed by atoms with Gasteiger partial charge in [0.1, 0.15) is 5.04 Å². The molecule has 0 saturated carbocycles. The van der Waals surface area contributed by atoms with Crippen molar-refractivity contribution in [2.24, 2.45) is 10.1 Å². The summed E-state index contributed by atoms with van der Waals surface area (Å²) in [5.74, 6) is 0.875. The Bertz CT molecular complexity index is 280. The van der Waals surface area contributed by atoms with E-state index < -0.39 is 6.16 Å². The number of aliphatic imine (C=N–C) groups is 1. The molecular weight excluding hydrogens is 228 g/mol. The van der Waals surface area contributed by atoms with Crippen LogP contribution in [0.15, 0.2) is 10.1 Å². The van der Waals surface area contributed by atoms with E-state index in [1.807, 2.05) is 0 Å². The van der Waals surface area contributed by atoms with Gasteiger partial charge in [0.05, 0.1) is 6.61 Å². The molecule has 0 aromatic heterocycles. The summed E-state index contributed by atoms with van der Waals surface area (Å²) in [6.07, 6.45) is -0.866. The number of nitrogens with zero attached hydrogens (tertiary/aromatic N) is 2. The van der Waals surface area contributed by atoms with Crippen LogP contribution in [0.1, 0.15) is 6.92 Å². The number of oxime groups is 1. The van der Waals surface area contributed by atoms with E-state index in [9.17, 15) is 4.79 Å². The van der Waals surface area contributed by atoms with Gasteiger partial charge in [0.25, 0.3) is 0 Å². The lowest BCUT2D eigenvalue weighted by Crippen LogP contribution is -2.07. The Balaban J connectivity index is 2.39. The minimum Gasteiger partial charge on any atom is -0.433 e. The summed E-state index contributed by atoms with van der Waals surface area (Å²) in [5.41, 5.74) is 0. The number of ether oxygens (including phenoxy) is 1. The van der Waals surface area contributed by atoms with E-state index in [1.165, 1.54) is 11.8 Å². The number of rotatable bonds is 3. The van der Waals surface area contributed by atoms with Gasteiger partial charge in [0, 0.05) is 12.3 Å². The fourth-order valence-corrected chi connectivity index (χ4v) is 1.69. The molecule has 0 N–H and O–H groups in total. The molecule has 78 valence electrons. The van der Waals surface area contributed by atoms with Crippen LogP contribution in [0.3, 0.4) is 0 Å². The molecule has 1 aliphatic rings. The summed E-state index contributed by atoms with van der Waals surface area (Å²) >= 11 is 7.17. The molecule has 0 unspecified atom stereocenters. The molecule has 0 fully saturated rings. The van der Waals surface area contributed by atoms with Crippen molar-refractivity contribution in [1.82, 2.24) is 0 Å². The van der Waals surface area contributed by atoms with Gasteiger partial charge in [-0.2, -0.15) is 0 Å². The van der Waals surface area contributed by atoms with Gasteiger partial charge in [-0.25, -0.2) is 4.79 Å². The first-order valence-corrected chi connectivity index (χ1v) is 5.35. The SMILES string of the molecule is CCOC(=O)O/N=C(\Cl)C1=NCCS1. The Morgan fingerprint density at radius 2 is 2.57 bits per heavy atom. The van der Waals surface area contributed by atoms with Crippen LogP contribution in [-0.4, -0.2) is 35.3 Å². The molecule has 7 heteroatoms. The van der Waals surface area contributed by atoms with Crippen LogP contribution in [0.5, 0.6) is 0 Å². The quantitative estimate of drug-likeness (QED) is 0.325. The third-order valence-electron chi connectivity index (χ3n) is 1.22. The van der Waals surface area contributed by atoms with Crippen LogP contribution < -0.4 is 0 Å². The number of halogens is 1. The topological polar surface area (TPSA) is 60.2 Å². The zero-order valence-electron chi connectivity index (χ0n) is 7.53. The average molecular weight is 237 g/mol. The van der Waals surface area contributed by atoms with Crippen LogP contribution >= 0.6 is 23.4 Å². The van der Waals surface area contributed by atoms with E-state index in [0.717, 1.165) is 5.75 Å². The smallest absolute Gasteiger partial charge is 0.433 e. The molecule has 14 heavy (non-hydrogen) atoms. The van der Waals surface area contributed by atoms with Gasteiger partial charge in [0.2, 0.25) is 5.17 Å². The third-order valence-corrected chi connectivity index (χ3v) is 2.57. The number of hydrogen-bond acceptors (Lipinski definition) is 6. The molecule has 0 aromatic rings. The second-order valence-corrected chi connectivity index (χ2v) is 3.63. The van der Waals surface area contributed by atoms with Crippen LogP contribution in [0.25, 0.3) is 0 Å². The molecule has 0 amide bonds. The Morgan fingerprint density at radius 1 is 1.79 bits per heavy atom. The molecule has 1 rings (SSSR count). The summed E-state index contributed by atoms with van der Waals surface area (Å²) in [7, 11) is 0. The minimum absolute atomic E-state index is 0.0838. The van der Waals surface area contributed by atoms with E-state index in [-0.39, 0.29) is 11.8 Å². The van der Waals surface area contributed by atoms with Crippen molar-refractivity contribution in [1.29, 1.82) is 0 Å². The van der Waals surface area contributed by atoms with Gasteiger partial charge in [-0.15, -0.1) is 11.8 Å². The van der Waals surface area contributed by atoms with E-state index >= 15 is 0 Å². The fraction of sp³-hybridized carbons (Fsp3) is 0.571. The van der Waals surface area contributed by atoms with Crippen molar-refractivity contribution in [3.63, 3.8) is 0 Å². The first-order chi connectivity index (χ1) is 6.74. The highest BCUT2D eigenvalue weighted by atomic mass is 35.5. The largest absolute Gasteiger partial charge is 0.535 e. The highest BCUT2D eigenvalue weighted by Gasteiger charge is 2.13. The second kappa shape index (κ2) is 5.87. The van der Waals surface area contributed by atoms with Crippen LogP contribution in [0.4, 0.5) is 4.79 Å². The first-order valence-electron chi connectivity index (χ1n) is 3.99.